The van der Waals surface area contributed by atoms with Gasteiger partial charge < -0.3 is 25.8 Å². The van der Waals surface area contributed by atoms with Gasteiger partial charge in [-0.05, 0) is 36.8 Å². The number of carbonyl (C=O) groups is 1. The number of amides is 1. The standard InChI is InChI=1S/C25H25ClF2N6O3/c1-14-11-15(12-17(26)20(14)25(35)31-7-10-37-9-5-29)33-23-24-32-13-18(34(24)8-6-30-23)16-3-4-19(36-2)22(28)21(16)27/h3-4,6,8,11-13H,5,7,9-10,29H2,1-2H3,(H,30,33)(H,31,35). The van der Waals surface area contributed by atoms with Crippen molar-refractivity contribution in [3.05, 3.63) is 70.6 Å². The van der Waals surface area contributed by atoms with Gasteiger partial charge in [0.15, 0.2) is 23.0 Å². The zero-order chi connectivity index (χ0) is 26.5. The van der Waals surface area contributed by atoms with Gasteiger partial charge in [-0.3, -0.25) is 9.20 Å². The Bertz CT molecular complexity index is 1420. The second-order valence-electron chi connectivity index (χ2n) is 7.99. The number of ether oxygens (including phenoxy) is 2. The van der Waals surface area contributed by atoms with E-state index in [9.17, 15) is 13.6 Å². The molecule has 2 heterocycles. The van der Waals surface area contributed by atoms with E-state index < -0.39 is 11.6 Å². The molecule has 194 valence electrons. The van der Waals surface area contributed by atoms with Crippen LogP contribution < -0.4 is 21.1 Å². The fourth-order valence-electron chi connectivity index (χ4n) is 3.84. The van der Waals surface area contributed by atoms with Crippen LogP contribution >= 0.6 is 11.6 Å². The summed E-state index contributed by atoms with van der Waals surface area (Å²) in [4.78, 5) is 21.3. The predicted molar refractivity (Wildman–Crippen MR) is 137 cm³/mol. The summed E-state index contributed by atoms with van der Waals surface area (Å²) >= 11 is 6.44. The van der Waals surface area contributed by atoms with Crippen LogP contribution in [0.15, 0.2) is 42.9 Å². The molecule has 9 nitrogen and oxygen atoms in total. The van der Waals surface area contributed by atoms with Gasteiger partial charge in [-0.1, -0.05) is 11.6 Å². The first-order chi connectivity index (χ1) is 17.8. The number of benzene rings is 2. The molecule has 0 spiro atoms. The molecule has 0 aliphatic rings. The van der Waals surface area contributed by atoms with Crippen molar-refractivity contribution in [3.8, 4) is 17.0 Å². The van der Waals surface area contributed by atoms with E-state index in [4.69, 9.17) is 26.8 Å². The van der Waals surface area contributed by atoms with Crippen LogP contribution in [0.2, 0.25) is 5.02 Å². The van der Waals surface area contributed by atoms with Crippen LogP contribution in [-0.4, -0.2) is 53.7 Å². The number of rotatable bonds is 10. The van der Waals surface area contributed by atoms with Crippen LogP contribution in [-0.2, 0) is 4.74 Å². The highest BCUT2D eigenvalue weighted by atomic mass is 35.5. The molecule has 0 fully saturated rings. The molecule has 0 saturated heterocycles. The highest BCUT2D eigenvalue weighted by Gasteiger charge is 2.20. The Morgan fingerprint density at radius 2 is 2.00 bits per heavy atom. The van der Waals surface area contributed by atoms with Gasteiger partial charge in [0.05, 0.1) is 42.8 Å². The maximum Gasteiger partial charge on any atom is 0.253 e. The van der Waals surface area contributed by atoms with Gasteiger partial charge in [0.1, 0.15) is 0 Å². The first-order valence-electron chi connectivity index (χ1n) is 11.3. The van der Waals surface area contributed by atoms with Crippen LogP contribution in [0.5, 0.6) is 5.75 Å². The van der Waals surface area contributed by atoms with Gasteiger partial charge >= 0.3 is 0 Å². The van der Waals surface area contributed by atoms with Gasteiger partial charge in [-0.25, -0.2) is 14.4 Å². The van der Waals surface area contributed by atoms with Gasteiger partial charge in [0, 0.05) is 36.7 Å². The molecule has 0 atom stereocenters. The third-order valence-corrected chi connectivity index (χ3v) is 5.84. The molecule has 12 heteroatoms. The third kappa shape index (κ3) is 5.48. The lowest BCUT2D eigenvalue weighted by Crippen LogP contribution is -2.28. The van der Waals surface area contributed by atoms with Crippen LogP contribution in [0, 0.1) is 18.6 Å². The Morgan fingerprint density at radius 3 is 2.73 bits per heavy atom. The highest BCUT2D eigenvalue weighted by Crippen LogP contribution is 2.32. The molecule has 0 saturated carbocycles. The minimum Gasteiger partial charge on any atom is -0.494 e. The van der Waals surface area contributed by atoms with E-state index in [1.54, 1.807) is 29.7 Å². The van der Waals surface area contributed by atoms with Crippen molar-refractivity contribution in [2.45, 2.75) is 6.92 Å². The number of nitrogens with one attached hydrogen (secondary N) is 2. The average molecular weight is 531 g/mol. The number of hydrogen-bond donors (Lipinski definition) is 3. The SMILES string of the molecule is COc1ccc(-c2cnc3c(Nc4cc(C)c(C(=O)NCCOCCN)c(Cl)c4)nccn23)c(F)c1F. The summed E-state index contributed by atoms with van der Waals surface area (Å²) in [5.41, 5.74) is 7.65. The van der Waals surface area contributed by atoms with Gasteiger partial charge in [0.25, 0.3) is 5.91 Å². The minimum absolute atomic E-state index is 0.0191. The fourth-order valence-corrected chi connectivity index (χ4v) is 4.20. The number of nitrogens with zero attached hydrogens (tertiary/aromatic N) is 3. The van der Waals surface area contributed by atoms with Crippen molar-refractivity contribution < 1.29 is 23.0 Å². The largest absolute Gasteiger partial charge is 0.494 e. The van der Waals surface area contributed by atoms with Crippen LogP contribution in [0.4, 0.5) is 20.3 Å². The number of hydrogen-bond acceptors (Lipinski definition) is 7. The van der Waals surface area contributed by atoms with Gasteiger partial charge in [-0.15, -0.1) is 0 Å². The zero-order valence-corrected chi connectivity index (χ0v) is 20.9. The number of nitrogens with two attached hydrogens (primary N) is 1. The monoisotopic (exact) mass is 530 g/mol. The van der Waals surface area contributed by atoms with E-state index in [2.05, 4.69) is 20.6 Å². The fraction of sp³-hybridized carbons (Fsp3) is 0.240. The maximum absolute atomic E-state index is 14.7. The number of aromatic nitrogens is 3. The van der Waals surface area contributed by atoms with Crippen molar-refractivity contribution in [3.63, 3.8) is 0 Å². The van der Waals surface area contributed by atoms with E-state index in [1.165, 1.54) is 31.6 Å². The Labute approximate surface area is 216 Å². The number of anilines is 2. The molecule has 0 radical (unpaired) electrons. The maximum atomic E-state index is 14.7. The summed E-state index contributed by atoms with van der Waals surface area (Å²) in [7, 11) is 1.27. The lowest BCUT2D eigenvalue weighted by molar-refractivity contribution is 0.0919. The lowest BCUT2D eigenvalue weighted by Gasteiger charge is -2.13. The number of halogens is 3. The first-order valence-corrected chi connectivity index (χ1v) is 11.7. The normalized spacial score (nSPS) is 11.1. The van der Waals surface area contributed by atoms with E-state index in [1.807, 2.05) is 0 Å². The Balaban J connectivity index is 1.58. The first kappa shape index (κ1) is 26.3. The molecule has 1 amide bonds. The molecular formula is C25H25ClF2N6O3. The summed E-state index contributed by atoms with van der Waals surface area (Å²) < 4.78 is 40.7. The smallest absolute Gasteiger partial charge is 0.253 e. The number of aryl methyl sites for hydroxylation is 1. The van der Waals surface area contributed by atoms with E-state index in [0.717, 1.165) is 0 Å². The summed E-state index contributed by atoms with van der Waals surface area (Å²) in [5, 5.41) is 6.15. The molecule has 0 aliphatic heterocycles. The predicted octanol–water partition coefficient (Wildman–Crippen LogP) is 4.09. The number of fused-ring (bicyclic) bond motifs is 1. The van der Waals surface area contributed by atoms with Crippen molar-refractivity contribution in [2.24, 2.45) is 5.73 Å². The molecular weight excluding hydrogens is 506 g/mol. The lowest BCUT2D eigenvalue weighted by atomic mass is 10.1. The summed E-state index contributed by atoms with van der Waals surface area (Å²) in [6.45, 7) is 3.25. The van der Waals surface area contributed by atoms with Crippen molar-refractivity contribution in [2.75, 3.05) is 38.7 Å². The Kier molecular flexibility index (Phi) is 8.17. The second-order valence-corrected chi connectivity index (χ2v) is 8.40. The third-order valence-electron chi connectivity index (χ3n) is 5.54. The van der Waals surface area contributed by atoms with E-state index in [-0.39, 0.29) is 22.2 Å². The van der Waals surface area contributed by atoms with Crippen molar-refractivity contribution >= 4 is 34.7 Å². The second kappa shape index (κ2) is 11.5. The topological polar surface area (TPSA) is 116 Å². The van der Waals surface area contributed by atoms with Crippen LogP contribution in [0.1, 0.15) is 15.9 Å². The average Bonchev–Trinajstić information content (AvgIpc) is 3.30. The van der Waals surface area contributed by atoms with Gasteiger partial charge in [-0.2, -0.15) is 4.39 Å². The Hall–Kier alpha value is -3.80. The zero-order valence-electron chi connectivity index (χ0n) is 20.1. The molecule has 4 rings (SSSR count). The summed E-state index contributed by atoms with van der Waals surface area (Å²) in [6, 6.07) is 6.12. The molecule has 0 aliphatic carbocycles. The van der Waals surface area contributed by atoms with Crippen LogP contribution in [0.25, 0.3) is 16.9 Å². The summed E-state index contributed by atoms with van der Waals surface area (Å²) in [5.74, 6) is -2.29. The highest BCUT2D eigenvalue weighted by molar-refractivity contribution is 6.34. The van der Waals surface area contributed by atoms with E-state index in [0.29, 0.717) is 60.3 Å². The molecule has 2 aromatic carbocycles. The molecule has 2 aromatic heterocycles. The van der Waals surface area contributed by atoms with E-state index >= 15 is 0 Å². The van der Waals surface area contributed by atoms with Gasteiger partial charge in [0.2, 0.25) is 5.82 Å². The molecule has 0 bridgehead atoms. The molecule has 37 heavy (non-hydrogen) atoms. The quantitative estimate of drug-likeness (QED) is 0.264. The van der Waals surface area contributed by atoms with Crippen LogP contribution in [0.3, 0.4) is 0 Å². The number of carbonyl (C=O) groups excluding carboxylic acids is 1. The molecule has 4 aromatic rings. The summed E-state index contributed by atoms with van der Waals surface area (Å²) in [6.07, 6.45) is 4.52. The number of methoxy groups -OCH3 is 1. The van der Waals surface area contributed by atoms with Crippen molar-refractivity contribution in [1.29, 1.82) is 0 Å². The number of imidazole rings is 1. The molecule has 4 N–H and O–H groups in total. The minimum atomic E-state index is -1.08. The van der Waals surface area contributed by atoms with Crippen molar-refractivity contribution in [1.82, 2.24) is 19.7 Å². The molecule has 0 unspecified atom stereocenters. The Morgan fingerprint density at radius 1 is 1.19 bits per heavy atom.